The lowest BCUT2D eigenvalue weighted by Crippen LogP contribution is -2.17. The Labute approximate surface area is 82.4 Å². The fourth-order valence-electron chi connectivity index (χ4n) is 1.01. The third kappa shape index (κ3) is 2.64. The smallest absolute Gasteiger partial charge is 0.133 e. The largest absolute Gasteiger partial charge is 0.314 e. The van der Waals surface area contributed by atoms with Gasteiger partial charge in [-0.3, -0.25) is 0 Å². The average Bonchev–Trinajstić information content (AvgIpc) is 2.16. The number of rotatable bonds is 3. The SMILES string of the molecule is CN[C@H](C)/C=C/c1c(F)cccc1F. The normalized spacial score (nSPS) is 13.4. The first-order chi connectivity index (χ1) is 6.65. The first-order valence-corrected chi connectivity index (χ1v) is 4.44. The maximum Gasteiger partial charge on any atom is 0.133 e. The van der Waals surface area contributed by atoms with Gasteiger partial charge in [-0.2, -0.15) is 0 Å². The van der Waals surface area contributed by atoms with E-state index < -0.39 is 11.6 Å². The zero-order valence-electron chi connectivity index (χ0n) is 8.22. The van der Waals surface area contributed by atoms with E-state index in [2.05, 4.69) is 5.32 Å². The molecule has 1 N–H and O–H groups in total. The van der Waals surface area contributed by atoms with Crippen LogP contribution in [0.25, 0.3) is 6.08 Å². The highest BCUT2D eigenvalue weighted by Gasteiger charge is 2.04. The van der Waals surface area contributed by atoms with Crippen molar-refractivity contribution in [2.24, 2.45) is 0 Å². The van der Waals surface area contributed by atoms with E-state index in [-0.39, 0.29) is 11.6 Å². The lowest BCUT2D eigenvalue weighted by atomic mass is 10.1. The summed E-state index contributed by atoms with van der Waals surface area (Å²) in [6.45, 7) is 1.90. The molecule has 0 bridgehead atoms. The van der Waals surface area contributed by atoms with Gasteiger partial charge in [0, 0.05) is 11.6 Å². The predicted octanol–water partition coefficient (Wildman–Crippen LogP) is 2.59. The number of nitrogens with one attached hydrogen (secondary N) is 1. The van der Waals surface area contributed by atoms with Crippen LogP contribution in [0.4, 0.5) is 8.78 Å². The number of benzene rings is 1. The molecule has 1 rings (SSSR count). The number of hydrogen-bond donors (Lipinski definition) is 1. The molecule has 0 aromatic heterocycles. The van der Waals surface area contributed by atoms with Crippen LogP contribution in [-0.4, -0.2) is 13.1 Å². The Hall–Kier alpha value is -1.22. The van der Waals surface area contributed by atoms with E-state index >= 15 is 0 Å². The van der Waals surface area contributed by atoms with Crippen LogP contribution in [0.5, 0.6) is 0 Å². The molecular weight excluding hydrogens is 184 g/mol. The zero-order chi connectivity index (χ0) is 10.6. The van der Waals surface area contributed by atoms with Crippen LogP contribution >= 0.6 is 0 Å². The van der Waals surface area contributed by atoms with Gasteiger partial charge in [0.25, 0.3) is 0 Å². The fraction of sp³-hybridized carbons (Fsp3) is 0.273. The zero-order valence-corrected chi connectivity index (χ0v) is 8.22. The summed E-state index contributed by atoms with van der Waals surface area (Å²) in [5.74, 6) is -1.07. The molecule has 0 fully saturated rings. The molecule has 3 heteroatoms. The van der Waals surface area contributed by atoms with Crippen LogP contribution in [0, 0.1) is 11.6 Å². The number of hydrogen-bond acceptors (Lipinski definition) is 1. The van der Waals surface area contributed by atoms with E-state index in [1.54, 1.807) is 13.1 Å². The van der Waals surface area contributed by atoms with Crippen molar-refractivity contribution in [3.8, 4) is 0 Å². The highest BCUT2D eigenvalue weighted by Crippen LogP contribution is 2.13. The molecule has 0 radical (unpaired) electrons. The molecule has 0 saturated carbocycles. The van der Waals surface area contributed by atoms with Gasteiger partial charge in [0.1, 0.15) is 11.6 Å². The van der Waals surface area contributed by atoms with Crippen LogP contribution in [0.1, 0.15) is 12.5 Å². The van der Waals surface area contributed by atoms with E-state index in [9.17, 15) is 8.78 Å². The summed E-state index contributed by atoms with van der Waals surface area (Å²) in [6, 6.07) is 3.93. The summed E-state index contributed by atoms with van der Waals surface area (Å²) >= 11 is 0. The molecule has 0 saturated heterocycles. The van der Waals surface area contributed by atoms with Crippen molar-refractivity contribution in [3.05, 3.63) is 41.5 Å². The van der Waals surface area contributed by atoms with Crippen LogP contribution < -0.4 is 5.32 Å². The van der Waals surface area contributed by atoms with E-state index in [4.69, 9.17) is 0 Å². The maximum atomic E-state index is 13.1. The second-order valence-electron chi connectivity index (χ2n) is 3.07. The Morgan fingerprint density at radius 2 is 1.86 bits per heavy atom. The van der Waals surface area contributed by atoms with Crippen LogP contribution in [0.3, 0.4) is 0 Å². The first-order valence-electron chi connectivity index (χ1n) is 4.44. The van der Waals surface area contributed by atoms with E-state index in [1.165, 1.54) is 24.3 Å². The predicted molar refractivity (Wildman–Crippen MR) is 53.9 cm³/mol. The third-order valence-electron chi connectivity index (χ3n) is 2.01. The molecule has 1 atom stereocenters. The molecule has 1 nitrogen and oxygen atoms in total. The van der Waals surface area contributed by atoms with Crippen LogP contribution in [0.15, 0.2) is 24.3 Å². The molecule has 0 spiro atoms. The summed E-state index contributed by atoms with van der Waals surface area (Å²) < 4.78 is 26.2. The second kappa shape index (κ2) is 4.86. The Morgan fingerprint density at radius 1 is 1.29 bits per heavy atom. The van der Waals surface area contributed by atoms with E-state index in [1.807, 2.05) is 6.92 Å². The summed E-state index contributed by atoms with van der Waals surface area (Å²) in [7, 11) is 1.78. The van der Waals surface area contributed by atoms with Crippen molar-refractivity contribution in [3.63, 3.8) is 0 Å². The number of likely N-dealkylation sites (N-methyl/N-ethyl adjacent to an activating group) is 1. The molecule has 0 aliphatic rings. The van der Waals surface area contributed by atoms with Crippen molar-refractivity contribution in [2.45, 2.75) is 13.0 Å². The minimum Gasteiger partial charge on any atom is -0.314 e. The van der Waals surface area contributed by atoms with Gasteiger partial charge in [-0.05, 0) is 26.1 Å². The summed E-state index contributed by atoms with van der Waals surface area (Å²) in [4.78, 5) is 0. The molecule has 1 aromatic rings. The quantitative estimate of drug-likeness (QED) is 0.785. The van der Waals surface area contributed by atoms with Gasteiger partial charge in [-0.15, -0.1) is 0 Å². The fourth-order valence-corrected chi connectivity index (χ4v) is 1.01. The maximum absolute atomic E-state index is 13.1. The third-order valence-corrected chi connectivity index (χ3v) is 2.01. The lowest BCUT2D eigenvalue weighted by molar-refractivity contribution is 0.578. The van der Waals surface area contributed by atoms with Gasteiger partial charge in [0.2, 0.25) is 0 Å². The molecule has 14 heavy (non-hydrogen) atoms. The van der Waals surface area contributed by atoms with Gasteiger partial charge in [0.05, 0.1) is 0 Å². The van der Waals surface area contributed by atoms with Crippen molar-refractivity contribution < 1.29 is 8.78 Å². The van der Waals surface area contributed by atoms with Gasteiger partial charge in [0.15, 0.2) is 0 Å². The summed E-state index contributed by atoms with van der Waals surface area (Å²) in [6.07, 6.45) is 3.16. The highest BCUT2D eigenvalue weighted by molar-refractivity contribution is 5.51. The van der Waals surface area contributed by atoms with Gasteiger partial charge < -0.3 is 5.32 Å². The van der Waals surface area contributed by atoms with Crippen molar-refractivity contribution in [1.82, 2.24) is 5.32 Å². The van der Waals surface area contributed by atoms with Crippen molar-refractivity contribution >= 4 is 6.08 Å². The molecule has 0 heterocycles. The molecule has 0 aliphatic heterocycles. The molecule has 0 amide bonds. The second-order valence-corrected chi connectivity index (χ2v) is 3.07. The Bertz CT molecular complexity index is 314. The monoisotopic (exact) mass is 197 g/mol. The lowest BCUT2D eigenvalue weighted by Gasteiger charge is -2.03. The highest BCUT2D eigenvalue weighted by atomic mass is 19.1. The summed E-state index contributed by atoms with van der Waals surface area (Å²) in [5.41, 5.74) is 0.00889. The van der Waals surface area contributed by atoms with Crippen molar-refractivity contribution in [1.29, 1.82) is 0 Å². The Kier molecular flexibility index (Phi) is 3.77. The minimum atomic E-state index is -0.537. The first kappa shape index (κ1) is 10.9. The summed E-state index contributed by atoms with van der Waals surface area (Å²) in [5, 5.41) is 2.94. The minimum absolute atomic E-state index is 0.00889. The van der Waals surface area contributed by atoms with Crippen LogP contribution in [-0.2, 0) is 0 Å². The molecule has 1 aromatic carbocycles. The Morgan fingerprint density at radius 3 is 2.36 bits per heavy atom. The van der Waals surface area contributed by atoms with Gasteiger partial charge in [-0.1, -0.05) is 18.2 Å². The average molecular weight is 197 g/mol. The Balaban J connectivity index is 2.91. The molecule has 0 unspecified atom stereocenters. The standard InChI is InChI=1S/C11H13F2N/c1-8(14-2)6-7-9-10(12)4-3-5-11(9)13/h3-8,14H,1-2H3/b7-6+/t8-/m1/s1. The van der Waals surface area contributed by atoms with Gasteiger partial charge >= 0.3 is 0 Å². The molecule has 0 aliphatic carbocycles. The van der Waals surface area contributed by atoms with Gasteiger partial charge in [-0.25, -0.2) is 8.78 Å². The number of halogens is 2. The molecule has 76 valence electrons. The molecular formula is C11H13F2N. The van der Waals surface area contributed by atoms with Crippen LogP contribution in [0.2, 0.25) is 0 Å². The topological polar surface area (TPSA) is 12.0 Å². The van der Waals surface area contributed by atoms with Crippen molar-refractivity contribution in [2.75, 3.05) is 7.05 Å². The van der Waals surface area contributed by atoms with E-state index in [0.29, 0.717) is 0 Å². The van der Waals surface area contributed by atoms with E-state index in [0.717, 1.165) is 0 Å².